The highest BCUT2D eigenvalue weighted by molar-refractivity contribution is 4.75. The fraction of sp³-hybridized carbons (Fsp3) is 1.00. The second-order valence-corrected chi connectivity index (χ2v) is 5.53. The van der Waals surface area contributed by atoms with Crippen LogP contribution in [-0.4, -0.2) is 19.3 Å². The van der Waals surface area contributed by atoms with Crippen LogP contribution in [0.3, 0.4) is 0 Å². The summed E-state index contributed by atoms with van der Waals surface area (Å²) in [6.45, 7) is 4.23. The van der Waals surface area contributed by atoms with Gasteiger partial charge < -0.3 is 5.32 Å². The number of halogens is 1. The lowest BCUT2D eigenvalue weighted by atomic mass is 9.91. The molecule has 2 unspecified atom stereocenters. The maximum atomic E-state index is 13.9. The van der Waals surface area contributed by atoms with E-state index < -0.39 is 6.17 Å². The van der Waals surface area contributed by atoms with Crippen molar-refractivity contribution in [2.24, 2.45) is 5.92 Å². The SMILES string of the molecule is CCCCCCCCCC(F)C1CCCNC1. The third-order valence-corrected chi connectivity index (χ3v) is 3.93. The van der Waals surface area contributed by atoms with Crippen molar-refractivity contribution in [3.8, 4) is 0 Å². The maximum Gasteiger partial charge on any atom is 0.104 e. The Labute approximate surface area is 107 Å². The van der Waals surface area contributed by atoms with E-state index in [2.05, 4.69) is 12.2 Å². The summed E-state index contributed by atoms with van der Waals surface area (Å²) in [5.74, 6) is 0.295. The Morgan fingerprint density at radius 1 is 1.12 bits per heavy atom. The quantitative estimate of drug-likeness (QED) is 0.589. The van der Waals surface area contributed by atoms with Crippen molar-refractivity contribution in [3.05, 3.63) is 0 Å². The Bertz CT molecular complexity index is 166. The molecule has 1 N–H and O–H groups in total. The average Bonchev–Trinajstić information content (AvgIpc) is 2.38. The predicted octanol–water partition coefficient (Wildman–Crippen LogP) is 4.46. The summed E-state index contributed by atoms with van der Waals surface area (Å²) in [6.07, 6.45) is 11.5. The second-order valence-electron chi connectivity index (χ2n) is 5.53. The lowest BCUT2D eigenvalue weighted by molar-refractivity contribution is 0.177. The number of nitrogens with one attached hydrogen (secondary N) is 1. The highest BCUT2D eigenvalue weighted by atomic mass is 19.1. The highest BCUT2D eigenvalue weighted by Crippen LogP contribution is 2.22. The zero-order valence-electron chi connectivity index (χ0n) is 11.5. The topological polar surface area (TPSA) is 12.0 Å². The van der Waals surface area contributed by atoms with E-state index in [1.807, 2.05) is 0 Å². The van der Waals surface area contributed by atoms with Crippen LogP contribution < -0.4 is 5.32 Å². The first-order valence-corrected chi connectivity index (χ1v) is 7.69. The molecule has 1 aliphatic rings. The van der Waals surface area contributed by atoms with Crippen LogP contribution in [0.2, 0.25) is 0 Å². The van der Waals surface area contributed by atoms with Gasteiger partial charge in [-0.3, -0.25) is 0 Å². The van der Waals surface area contributed by atoms with E-state index >= 15 is 0 Å². The van der Waals surface area contributed by atoms with Gasteiger partial charge in [0.05, 0.1) is 0 Å². The molecular formula is C15H30FN. The Balaban J connectivity index is 1.90. The average molecular weight is 243 g/mol. The molecule has 1 nitrogen and oxygen atoms in total. The van der Waals surface area contributed by atoms with E-state index in [1.165, 1.54) is 38.5 Å². The molecule has 1 rings (SSSR count). The van der Waals surface area contributed by atoms with E-state index in [0.29, 0.717) is 5.92 Å². The van der Waals surface area contributed by atoms with Gasteiger partial charge in [-0.1, -0.05) is 51.9 Å². The first kappa shape index (κ1) is 14.9. The van der Waals surface area contributed by atoms with Crippen LogP contribution in [0.1, 0.15) is 71.1 Å². The van der Waals surface area contributed by atoms with Gasteiger partial charge in [-0.05, 0) is 25.8 Å². The van der Waals surface area contributed by atoms with Crippen LogP contribution in [-0.2, 0) is 0 Å². The summed E-state index contributed by atoms with van der Waals surface area (Å²) in [5.41, 5.74) is 0. The Kier molecular flexibility index (Phi) is 8.68. The summed E-state index contributed by atoms with van der Waals surface area (Å²) in [7, 11) is 0. The minimum Gasteiger partial charge on any atom is -0.316 e. The molecule has 17 heavy (non-hydrogen) atoms. The van der Waals surface area contributed by atoms with Crippen molar-refractivity contribution in [1.82, 2.24) is 5.32 Å². The number of rotatable bonds is 9. The highest BCUT2D eigenvalue weighted by Gasteiger charge is 2.22. The minimum absolute atomic E-state index is 0.295. The van der Waals surface area contributed by atoms with Crippen molar-refractivity contribution >= 4 is 0 Å². The molecule has 0 bridgehead atoms. The van der Waals surface area contributed by atoms with Crippen LogP contribution in [0, 0.1) is 5.92 Å². The summed E-state index contributed by atoms with van der Waals surface area (Å²) in [6, 6.07) is 0. The number of hydrogen-bond donors (Lipinski definition) is 1. The standard InChI is InChI=1S/C15H30FN/c1-2-3-4-5-6-7-8-11-15(16)14-10-9-12-17-13-14/h14-15,17H,2-13H2,1H3. The van der Waals surface area contributed by atoms with Gasteiger partial charge in [0.25, 0.3) is 0 Å². The molecule has 1 heterocycles. The van der Waals surface area contributed by atoms with E-state index in [1.54, 1.807) is 0 Å². The van der Waals surface area contributed by atoms with E-state index in [-0.39, 0.29) is 0 Å². The maximum absolute atomic E-state index is 13.9. The second kappa shape index (κ2) is 9.87. The largest absolute Gasteiger partial charge is 0.316 e. The molecule has 0 amide bonds. The van der Waals surface area contributed by atoms with Gasteiger partial charge in [0.2, 0.25) is 0 Å². The van der Waals surface area contributed by atoms with Gasteiger partial charge >= 0.3 is 0 Å². The van der Waals surface area contributed by atoms with Gasteiger partial charge in [-0.25, -0.2) is 4.39 Å². The van der Waals surface area contributed by atoms with Gasteiger partial charge in [-0.2, -0.15) is 0 Å². The molecule has 1 fully saturated rings. The molecule has 0 aliphatic carbocycles. The predicted molar refractivity (Wildman–Crippen MR) is 73.1 cm³/mol. The number of unbranched alkanes of at least 4 members (excludes halogenated alkanes) is 6. The molecule has 0 radical (unpaired) electrons. The normalized spacial score (nSPS) is 22.6. The molecule has 1 saturated heterocycles. The molecule has 1 aliphatic heterocycles. The lowest BCUT2D eigenvalue weighted by Crippen LogP contribution is -2.35. The molecular weight excluding hydrogens is 213 g/mol. The third-order valence-electron chi connectivity index (χ3n) is 3.93. The molecule has 0 saturated carbocycles. The molecule has 102 valence electrons. The van der Waals surface area contributed by atoms with Gasteiger partial charge in [0, 0.05) is 12.5 Å². The molecule has 2 atom stereocenters. The Hall–Kier alpha value is -0.110. The van der Waals surface area contributed by atoms with Crippen molar-refractivity contribution in [1.29, 1.82) is 0 Å². The summed E-state index contributed by atoms with van der Waals surface area (Å²) < 4.78 is 13.9. The fourth-order valence-corrected chi connectivity index (χ4v) is 2.72. The molecule has 0 aromatic carbocycles. The molecule has 0 spiro atoms. The van der Waals surface area contributed by atoms with Crippen molar-refractivity contribution in [2.45, 2.75) is 77.3 Å². The summed E-state index contributed by atoms with van der Waals surface area (Å²) in [5, 5.41) is 3.30. The zero-order chi connectivity index (χ0) is 12.3. The number of piperidine rings is 1. The first-order chi connectivity index (χ1) is 8.34. The lowest BCUT2D eigenvalue weighted by Gasteiger charge is -2.25. The monoisotopic (exact) mass is 243 g/mol. The van der Waals surface area contributed by atoms with Gasteiger partial charge in [-0.15, -0.1) is 0 Å². The van der Waals surface area contributed by atoms with Crippen molar-refractivity contribution in [2.75, 3.05) is 13.1 Å². The summed E-state index contributed by atoms with van der Waals surface area (Å²) in [4.78, 5) is 0. The van der Waals surface area contributed by atoms with Crippen molar-refractivity contribution < 1.29 is 4.39 Å². The van der Waals surface area contributed by atoms with Gasteiger partial charge in [0.15, 0.2) is 0 Å². The zero-order valence-corrected chi connectivity index (χ0v) is 11.5. The van der Waals surface area contributed by atoms with Crippen LogP contribution >= 0.6 is 0 Å². The van der Waals surface area contributed by atoms with E-state index in [0.717, 1.165) is 38.8 Å². The molecule has 0 aromatic rings. The fourth-order valence-electron chi connectivity index (χ4n) is 2.72. The van der Waals surface area contributed by atoms with Gasteiger partial charge in [0.1, 0.15) is 6.17 Å². The van der Waals surface area contributed by atoms with Crippen molar-refractivity contribution in [3.63, 3.8) is 0 Å². The Morgan fingerprint density at radius 2 is 1.82 bits per heavy atom. The third kappa shape index (κ3) is 7.03. The first-order valence-electron chi connectivity index (χ1n) is 7.69. The number of alkyl halides is 1. The molecule has 0 aromatic heterocycles. The smallest absolute Gasteiger partial charge is 0.104 e. The number of hydrogen-bond acceptors (Lipinski definition) is 1. The van der Waals surface area contributed by atoms with Crippen LogP contribution in [0.15, 0.2) is 0 Å². The minimum atomic E-state index is -0.557. The van der Waals surface area contributed by atoms with E-state index in [4.69, 9.17) is 0 Å². The van der Waals surface area contributed by atoms with Crippen LogP contribution in [0.4, 0.5) is 4.39 Å². The van der Waals surface area contributed by atoms with Crippen LogP contribution in [0.5, 0.6) is 0 Å². The van der Waals surface area contributed by atoms with Crippen LogP contribution in [0.25, 0.3) is 0 Å². The Morgan fingerprint density at radius 3 is 2.47 bits per heavy atom. The van der Waals surface area contributed by atoms with E-state index in [9.17, 15) is 4.39 Å². The molecule has 2 heteroatoms. The summed E-state index contributed by atoms with van der Waals surface area (Å²) >= 11 is 0.